The summed E-state index contributed by atoms with van der Waals surface area (Å²) in [5, 5.41) is 10.9. The van der Waals surface area contributed by atoms with E-state index in [1.54, 1.807) is 44.3 Å². The van der Waals surface area contributed by atoms with Gasteiger partial charge in [-0.2, -0.15) is 0 Å². The molecule has 0 unspecified atom stereocenters. The van der Waals surface area contributed by atoms with Crippen LogP contribution in [0.3, 0.4) is 0 Å². The van der Waals surface area contributed by atoms with Gasteiger partial charge < -0.3 is 24.4 Å². The van der Waals surface area contributed by atoms with Crippen LogP contribution in [0, 0.1) is 11.3 Å². The molecule has 1 amide bonds. The molecule has 0 aromatic heterocycles. The molecule has 0 spiro atoms. The first-order valence-electron chi connectivity index (χ1n) is 11.2. The number of ether oxygens (including phenoxy) is 2. The van der Waals surface area contributed by atoms with Crippen molar-refractivity contribution < 1.29 is 29.0 Å². The summed E-state index contributed by atoms with van der Waals surface area (Å²) in [6.45, 7) is 9.22. The van der Waals surface area contributed by atoms with Gasteiger partial charge in [0.05, 0.1) is 28.7 Å². The highest BCUT2D eigenvalue weighted by atomic mass is 32.2. The zero-order valence-electron chi connectivity index (χ0n) is 19.4. The number of aliphatic imine (C=N–C) groups is 1. The fourth-order valence-electron chi connectivity index (χ4n) is 4.55. The number of fused-ring (bicyclic) bond motifs is 1. The first-order valence-corrected chi connectivity index (χ1v) is 13.0. The molecule has 2 saturated heterocycles. The number of carbonyl (C=O) groups excluding carboxylic acids is 3. The van der Waals surface area contributed by atoms with E-state index in [9.17, 15) is 19.5 Å². The Labute approximate surface area is 202 Å². The largest absolute Gasteiger partial charge is 0.427 e. The summed E-state index contributed by atoms with van der Waals surface area (Å²) in [4.78, 5) is 45.8. The van der Waals surface area contributed by atoms with E-state index in [2.05, 4.69) is 9.89 Å². The molecule has 11 heteroatoms. The molecule has 0 radical (unpaired) electrons. The van der Waals surface area contributed by atoms with Crippen molar-refractivity contribution in [1.29, 1.82) is 0 Å². The number of esters is 2. The minimum Gasteiger partial charge on any atom is -0.427 e. The van der Waals surface area contributed by atoms with Crippen LogP contribution < -0.4 is 0 Å². The molecular weight excluding hydrogens is 466 g/mol. The molecule has 0 saturated carbocycles. The van der Waals surface area contributed by atoms with E-state index in [0.717, 1.165) is 30.6 Å². The summed E-state index contributed by atoms with van der Waals surface area (Å²) in [6, 6.07) is -0.214. The summed E-state index contributed by atoms with van der Waals surface area (Å²) in [6.07, 6.45) is 2.18. The Morgan fingerprint density at radius 3 is 2.67 bits per heavy atom. The molecule has 182 valence electrons. The summed E-state index contributed by atoms with van der Waals surface area (Å²) < 4.78 is 9.74. The topological polar surface area (TPSA) is 109 Å². The molecule has 3 atom stereocenters. The predicted molar refractivity (Wildman–Crippen MR) is 127 cm³/mol. The Bertz CT molecular complexity index is 895. The SMILES string of the molecule is CC(C)(C)C(=O)OCOC(=O)C1=C[C@](C)(SC2CN(C3=NCCS3)C2)[C@@H]2[C@H](CCO)C(=O)N12. The van der Waals surface area contributed by atoms with Crippen LogP contribution in [-0.4, -0.2) is 92.7 Å². The number of aliphatic hydroxyl groups excluding tert-OH is 1. The van der Waals surface area contributed by atoms with Crippen LogP contribution in [0.1, 0.15) is 34.1 Å². The van der Waals surface area contributed by atoms with E-state index in [1.807, 2.05) is 13.0 Å². The zero-order chi connectivity index (χ0) is 24.0. The normalized spacial score (nSPS) is 29.2. The number of hydrogen-bond acceptors (Lipinski definition) is 10. The number of nitrogens with zero attached hydrogens (tertiary/aromatic N) is 3. The van der Waals surface area contributed by atoms with Gasteiger partial charge in [0.1, 0.15) is 5.70 Å². The molecule has 0 aliphatic carbocycles. The molecular formula is C22H31N3O6S2. The van der Waals surface area contributed by atoms with E-state index in [0.29, 0.717) is 11.7 Å². The maximum Gasteiger partial charge on any atom is 0.357 e. The van der Waals surface area contributed by atoms with Crippen LogP contribution in [0.5, 0.6) is 0 Å². The number of likely N-dealkylation sites (tertiary alicyclic amines) is 1. The molecule has 4 aliphatic rings. The Balaban J connectivity index is 1.42. The van der Waals surface area contributed by atoms with Gasteiger partial charge in [-0.1, -0.05) is 11.8 Å². The minimum absolute atomic E-state index is 0.0850. The van der Waals surface area contributed by atoms with Gasteiger partial charge in [-0.25, -0.2) is 4.79 Å². The maximum atomic E-state index is 12.8. The zero-order valence-corrected chi connectivity index (χ0v) is 21.0. The van der Waals surface area contributed by atoms with E-state index in [-0.39, 0.29) is 30.2 Å². The number of thioether (sulfide) groups is 2. The first kappa shape index (κ1) is 24.4. The van der Waals surface area contributed by atoms with Crippen molar-refractivity contribution >= 4 is 46.5 Å². The standard InChI is InChI=1S/C22H31N3O6S2/c1-21(2,3)19(29)31-12-30-18(28)15-9-22(4,16-14(5-7-26)17(27)25(15)16)33-13-10-24(11-13)20-23-6-8-32-20/h9,13-14,16,26H,5-8,10-12H2,1-4H3/t14-,16-,22-/m0/s1. The molecule has 0 aromatic rings. The van der Waals surface area contributed by atoms with Crippen molar-refractivity contribution in [2.75, 3.05) is 38.8 Å². The third-order valence-corrected chi connectivity index (χ3v) is 8.77. The highest BCUT2D eigenvalue weighted by molar-refractivity contribution is 8.14. The monoisotopic (exact) mass is 497 g/mol. The minimum atomic E-state index is -0.705. The second-order valence-electron chi connectivity index (χ2n) is 9.87. The van der Waals surface area contributed by atoms with Gasteiger partial charge in [0, 0.05) is 30.7 Å². The fourth-order valence-corrected chi connectivity index (χ4v) is 7.25. The summed E-state index contributed by atoms with van der Waals surface area (Å²) in [7, 11) is 0. The third kappa shape index (κ3) is 4.64. The van der Waals surface area contributed by atoms with Crippen molar-refractivity contribution in [3.8, 4) is 0 Å². The van der Waals surface area contributed by atoms with E-state index >= 15 is 0 Å². The second kappa shape index (κ2) is 9.14. The van der Waals surface area contributed by atoms with Gasteiger partial charge in [-0.15, -0.1) is 11.8 Å². The molecule has 2 fully saturated rings. The van der Waals surface area contributed by atoms with Gasteiger partial charge >= 0.3 is 11.9 Å². The number of amidine groups is 1. The molecule has 0 aromatic carbocycles. The average Bonchev–Trinajstić information content (AvgIpc) is 3.32. The van der Waals surface area contributed by atoms with Crippen LogP contribution in [0.25, 0.3) is 0 Å². The Hall–Kier alpha value is -1.72. The number of β-lactam (4-membered cyclic amide) rings is 1. The lowest BCUT2D eigenvalue weighted by Gasteiger charge is -2.51. The van der Waals surface area contributed by atoms with Crippen LogP contribution in [-0.2, 0) is 23.9 Å². The molecule has 1 N–H and O–H groups in total. The van der Waals surface area contributed by atoms with Gasteiger partial charge in [0.2, 0.25) is 12.7 Å². The Morgan fingerprint density at radius 2 is 2.06 bits per heavy atom. The van der Waals surface area contributed by atoms with Crippen molar-refractivity contribution in [2.24, 2.45) is 16.3 Å². The van der Waals surface area contributed by atoms with Crippen LogP contribution in [0.2, 0.25) is 0 Å². The lowest BCUT2D eigenvalue weighted by molar-refractivity contribution is -0.174. The van der Waals surface area contributed by atoms with Gasteiger partial charge in [0.15, 0.2) is 5.17 Å². The Kier molecular flexibility index (Phi) is 6.76. The summed E-state index contributed by atoms with van der Waals surface area (Å²) >= 11 is 3.54. The molecule has 9 nitrogen and oxygen atoms in total. The predicted octanol–water partition coefficient (Wildman–Crippen LogP) is 1.46. The van der Waals surface area contributed by atoms with E-state index in [4.69, 9.17) is 9.47 Å². The van der Waals surface area contributed by atoms with Crippen molar-refractivity contribution in [1.82, 2.24) is 9.80 Å². The number of aliphatic hydroxyl groups is 1. The van der Waals surface area contributed by atoms with Crippen LogP contribution >= 0.6 is 23.5 Å². The van der Waals surface area contributed by atoms with Crippen molar-refractivity contribution in [3.05, 3.63) is 11.8 Å². The second-order valence-corrected chi connectivity index (χ2v) is 12.7. The number of amides is 1. The molecule has 33 heavy (non-hydrogen) atoms. The van der Waals surface area contributed by atoms with Crippen LogP contribution in [0.4, 0.5) is 0 Å². The lowest BCUT2D eigenvalue weighted by atomic mass is 9.80. The highest BCUT2D eigenvalue weighted by Crippen LogP contribution is 2.53. The van der Waals surface area contributed by atoms with Crippen molar-refractivity contribution in [2.45, 2.75) is 50.2 Å². The van der Waals surface area contributed by atoms with Gasteiger partial charge in [-0.05, 0) is 40.2 Å². The van der Waals surface area contributed by atoms with Gasteiger partial charge in [0.25, 0.3) is 0 Å². The fraction of sp³-hybridized carbons (Fsp3) is 0.727. The first-order chi connectivity index (χ1) is 15.5. The van der Waals surface area contributed by atoms with E-state index in [1.165, 1.54) is 4.90 Å². The van der Waals surface area contributed by atoms with E-state index < -0.39 is 28.9 Å². The number of rotatable bonds is 7. The summed E-state index contributed by atoms with van der Waals surface area (Å²) in [5.74, 6) is -0.646. The smallest absolute Gasteiger partial charge is 0.357 e. The highest BCUT2D eigenvalue weighted by Gasteiger charge is 2.62. The number of hydrogen-bond donors (Lipinski definition) is 1. The van der Waals surface area contributed by atoms with Crippen molar-refractivity contribution in [3.63, 3.8) is 0 Å². The third-order valence-electron chi connectivity index (χ3n) is 6.23. The molecule has 4 heterocycles. The Morgan fingerprint density at radius 1 is 1.33 bits per heavy atom. The average molecular weight is 498 g/mol. The molecule has 0 bridgehead atoms. The molecule has 4 rings (SSSR count). The number of carbonyl (C=O) groups is 3. The lowest BCUT2D eigenvalue weighted by Crippen LogP contribution is -2.65. The molecule has 4 aliphatic heterocycles. The maximum absolute atomic E-state index is 12.8. The summed E-state index contributed by atoms with van der Waals surface area (Å²) in [5.41, 5.74) is -0.517. The van der Waals surface area contributed by atoms with Gasteiger partial charge in [-0.3, -0.25) is 14.6 Å². The van der Waals surface area contributed by atoms with Crippen LogP contribution in [0.15, 0.2) is 16.8 Å². The quantitative estimate of drug-likeness (QED) is 0.318.